The monoisotopic (exact) mass is 482 g/mol. The van der Waals surface area contributed by atoms with E-state index in [2.05, 4.69) is 10.1 Å². The average molecular weight is 482 g/mol. The third-order valence-corrected chi connectivity index (χ3v) is 6.76. The molecule has 0 unspecified atom stereocenters. The topological polar surface area (TPSA) is 122 Å². The van der Waals surface area contributed by atoms with E-state index in [0.29, 0.717) is 20.0 Å². The fraction of sp³-hybridized carbons (Fsp3) is 0.579. The van der Waals surface area contributed by atoms with Crippen molar-refractivity contribution in [2.24, 2.45) is 0 Å². The number of hydrogen-bond acceptors (Lipinski definition) is 7. The first kappa shape index (κ1) is 25.9. The molecular weight excluding hydrogens is 457 g/mol. The van der Waals surface area contributed by atoms with E-state index in [1.807, 2.05) is 0 Å². The molecule has 1 amide bonds. The molecule has 1 aliphatic rings. The summed E-state index contributed by atoms with van der Waals surface area (Å²) in [6.45, 7) is 0.230. The number of ether oxygens (including phenoxy) is 2. The lowest BCUT2D eigenvalue weighted by Crippen LogP contribution is -2.44. The minimum absolute atomic E-state index is 0.0195. The molecule has 13 heteroatoms. The van der Waals surface area contributed by atoms with Crippen molar-refractivity contribution >= 4 is 27.6 Å². The van der Waals surface area contributed by atoms with Crippen LogP contribution >= 0.6 is 0 Å². The number of benzene rings is 1. The molecule has 9 nitrogen and oxygen atoms in total. The maximum Gasteiger partial charge on any atom is 0.417 e. The molecule has 0 aromatic heterocycles. The van der Waals surface area contributed by atoms with Crippen molar-refractivity contribution in [3.05, 3.63) is 18.2 Å². The molecule has 1 fully saturated rings. The molecule has 1 heterocycles. The van der Waals surface area contributed by atoms with E-state index in [1.54, 1.807) is 0 Å². The van der Waals surface area contributed by atoms with Gasteiger partial charge >= 0.3 is 12.1 Å². The number of rotatable bonds is 8. The molecule has 180 valence electrons. The van der Waals surface area contributed by atoms with Crippen molar-refractivity contribution in [2.75, 3.05) is 32.1 Å². The predicted molar refractivity (Wildman–Crippen MR) is 106 cm³/mol. The second kappa shape index (κ2) is 10.0. The smallest absolute Gasteiger partial charge is 0.417 e. The van der Waals surface area contributed by atoms with Crippen molar-refractivity contribution < 1.29 is 45.8 Å². The molecule has 0 saturated carbocycles. The number of esters is 1. The zero-order chi connectivity index (χ0) is 24.2. The molecule has 0 bridgehead atoms. The van der Waals surface area contributed by atoms with Gasteiger partial charge in [-0.1, -0.05) is 6.42 Å². The zero-order valence-electron chi connectivity index (χ0n) is 17.6. The molecule has 2 rings (SSSR count). The second-order valence-electron chi connectivity index (χ2n) is 7.48. The third kappa shape index (κ3) is 6.33. The van der Waals surface area contributed by atoms with Crippen molar-refractivity contribution in [2.45, 2.75) is 49.3 Å². The van der Waals surface area contributed by atoms with Gasteiger partial charge in [0, 0.05) is 13.1 Å². The number of halogens is 3. The van der Waals surface area contributed by atoms with E-state index in [1.165, 1.54) is 29.6 Å². The Hall–Kier alpha value is -2.38. The van der Waals surface area contributed by atoms with E-state index in [9.17, 15) is 36.3 Å². The number of methoxy groups -OCH3 is 1. The highest BCUT2D eigenvalue weighted by Crippen LogP contribution is 2.33. The summed E-state index contributed by atoms with van der Waals surface area (Å²) in [4.78, 5) is 23.6. The molecule has 1 aliphatic heterocycles. The standard InChI is InChI=1S/C19H25F3N2O7S/c1-18(27,19(20,21)22)11-17(26)31-12-16(25)23-14-10-13(6-7-15(14)30-2)32(28,29)24-8-4-3-5-9-24/h6-7,10,27H,3-5,8-9,11-12H2,1-2H3,(H,23,25)/t18-/m1/s1. The Morgan fingerprint density at radius 2 is 1.81 bits per heavy atom. The van der Waals surface area contributed by atoms with Gasteiger partial charge in [-0.15, -0.1) is 0 Å². The number of amides is 1. The number of carbonyl (C=O) groups is 2. The fourth-order valence-corrected chi connectivity index (χ4v) is 4.51. The highest BCUT2D eigenvalue weighted by atomic mass is 32.2. The summed E-state index contributed by atoms with van der Waals surface area (Å²) in [5.74, 6) is -2.24. The summed E-state index contributed by atoms with van der Waals surface area (Å²) in [6, 6.07) is 3.87. The maximum absolute atomic E-state index is 12.8. The molecule has 1 atom stereocenters. The zero-order valence-corrected chi connectivity index (χ0v) is 18.4. The average Bonchev–Trinajstić information content (AvgIpc) is 2.71. The molecule has 0 radical (unpaired) electrons. The normalized spacial score (nSPS) is 17.3. The van der Waals surface area contributed by atoms with Crippen molar-refractivity contribution in [1.82, 2.24) is 4.31 Å². The lowest BCUT2D eigenvalue weighted by atomic mass is 10.0. The highest BCUT2D eigenvalue weighted by molar-refractivity contribution is 7.89. The largest absolute Gasteiger partial charge is 0.495 e. The molecule has 0 spiro atoms. The van der Waals surface area contributed by atoms with Gasteiger partial charge in [0.15, 0.2) is 12.2 Å². The molecule has 32 heavy (non-hydrogen) atoms. The van der Waals surface area contributed by atoms with E-state index < -0.39 is 46.7 Å². The number of sulfonamides is 1. The van der Waals surface area contributed by atoms with Gasteiger partial charge in [-0.2, -0.15) is 17.5 Å². The van der Waals surface area contributed by atoms with Gasteiger partial charge in [-0.25, -0.2) is 8.42 Å². The molecule has 1 saturated heterocycles. The Kier molecular flexibility index (Phi) is 8.12. The van der Waals surface area contributed by atoms with Gasteiger partial charge in [0.1, 0.15) is 5.75 Å². The summed E-state index contributed by atoms with van der Waals surface area (Å²) < 4.78 is 74.5. The molecule has 2 N–H and O–H groups in total. The van der Waals surface area contributed by atoms with Crippen molar-refractivity contribution in [3.8, 4) is 5.75 Å². The minimum Gasteiger partial charge on any atom is -0.495 e. The van der Waals surface area contributed by atoms with Gasteiger partial charge in [0.25, 0.3) is 5.91 Å². The van der Waals surface area contributed by atoms with Crippen molar-refractivity contribution in [1.29, 1.82) is 0 Å². The Balaban J connectivity index is 2.07. The van der Waals surface area contributed by atoms with Crippen LogP contribution in [-0.2, 0) is 24.3 Å². The lowest BCUT2D eigenvalue weighted by molar-refractivity contribution is -0.255. The lowest BCUT2D eigenvalue weighted by Gasteiger charge is -2.26. The van der Waals surface area contributed by atoms with Gasteiger partial charge < -0.3 is 19.9 Å². The van der Waals surface area contributed by atoms with Crippen LogP contribution in [0.15, 0.2) is 23.1 Å². The Bertz CT molecular complexity index is 943. The number of anilines is 1. The first-order chi connectivity index (χ1) is 14.8. The molecular formula is C19H25F3N2O7S. The van der Waals surface area contributed by atoms with Crippen LogP contribution in [-0.4, -0.2) is 68.3 Å². The van der Waals surface area contributed by atoms with Crippen LogP contribution in [0.4, 0.5) is 18.9 Å². The van der Waals surface area contributed by atoms with Gasteiger partial charge in [0.2, 0.25) is 10.0 Å². The number of alkyl halides is 3. The Morgan fingerprint density at radius 3 is 2.38 bits per heavy atom. The predicted octanol–water partition coefficient (Wildman–Crippen LogP) is 2.05. The summed E-state index contributed by atoms with van der Waals surface area (Å²) in [5, 5.41) is 11.6. The number of nitrogens with one attached hydrogen (secondary N) is 1. The van der Waals surface area contributed by atoms with Gasteiger partial charge in [-0.05, 0) is 38.0 Å². The Labute approximate surface area is 183 Å². The third-order valence-electron chi connectivity index (χ3n) is 4.86. The quantitative estimate of drug-likeness (QED) is 0.544. The van der Waals surface area contributed by atoms with E-state index in [0.717, 1.165) is 19.3 Å². The summed E-state index contributed by atoms with van der Waals surface area (Å²) in [5.41, 5.74) is -3.32. The second-order valence-corrected chi connectivity index (χ2v) is 9.42. The van der Waals surface area contributed by atoms with Crippen LogP contribution in [0.25, 0.3) is 0 Å². The van der Waals surface area contributed by atoms with Crippen LogP contribution in [0, 0.1) is 0 Å². The van der Waals surface area contributed by atoms with Crippen molar-refractivity contribution in [3.63, 3.8) is 0 Å². The number of piperidine rings is 1. The van der Waals surface area contributed by atoms with Crippen LogP contribution in [0.3, 0.4) is 0 Å². The fourth-order valence-electron chi connectivity index (χ4n) is 2.96. The first-order valence-electron chi connectivity index (χ1n) is 9.71. The number of hydrogen-bond donors (Lipinski definition) is 2. The van der Waals surface area contributed by atoms with E-state index in [4.69, 9.17) is 4.74 Å². The summed E-state index contributed by atoms with van der Waals surface area (Å²) >= 11 is 0. The Morgan fingerprint density at radius 1 is 1.19 bits per heavy atom. The summed E-state index contributed by atoms with van der Waals surface area (Å²) in [6.07, 6.45) is -4.02. The van der Waals surface area contributed by atoms with Crippen LogP contribution in [0.5, 0.6) is 5.75 Å². The van der Waals surface area contributed by atoms with Crippen LogP contribution in [0.1, 0.15) is 32.6 Å². The number of aliphatic hydroxyl groups is 1. The summed E-state index contributed by atoms with van der Waals surface area (Å²) in [7, 11) is -2.50. The highest BCUT2D eigenvalue weighted by Gasteiger charge is 2.51. The minimum atomic E-state index is -5.05. The molecule has 0 aliphatic carbocycles. The number of carbonyl (C=O) groups excluding carboxylic acids is 2. The van der Waals surface area contributed by atoms with Crippen LogP contribution in [0.2, 0.25) is 0 Å². The molecule has 1 aromatic carbocycles. The SMILES string of the molecule is COc1ccc(S(=O)(=O)N2CCCCC2)cc1NC(=O)COC(=O)C[C@@](C)(O)C(F)(F)F. The van der Waals surface area contributed by atoms with Gasteiger partial charge in [0.05, 0.1) is 24.1 Å². The molecule has 1 aromatic rings. The van der Waals surface area contributed by atoms with E-state index >= 15 is 0 Å². The maximum atomic E-state index is 12.8. The first-order valence-corrected chi connectivity index (χ1v) is 11.1. The van der Waals surface area contributed by atoms with Crippen LogP contribution < -0.4 is 10.1 Å². The van der Waals surface area contributed by atoms with Gasteiger partial charge in [-0.3, -0.25) is 9.59 Å². The van der Waals surface area contributed by atoms with E-state index in [-0.39, 0.29) is 16.3 Å². The number of nitrogens with zero attached hydrogens (tertiary/aromatic N) is 1.